The molecular weight excluding hydrogens is 268 g/mol. The van der Waals surface area contributed by atoms with Crippen molar-refractivity contribution in [2.45, 2.75) is 76.0 Å². The van der Waals surface area contributed by atoms with Gasteiger partial charge < -0.3 is 20.5 Å². The molecule has 1 unspecified atom stereocenters. The van der Waals surface area contributed by atoms with Gasteiger partial charge in [0.05, 0.1) is 18.8 Å². The van der Waals surface area contributed by atoms with Crippen LogP contribution in [0.5, 0.6) is 0 Å². The third-order valence-corrected chi connectivity index (χ3v) is 4.16. The Morgan fingerprint density at radius 2 is 1.95 bits per heavy atom. The number of ether oxygens (including phenoxy) is 1. The first-order chi connectivity index (χ1) is 10.2. The Morgan fingerprint density at radius 3 is 2.67 bits per heavy atom. The van der Waals surface area contributed by atoms with E-state index in [-0.39, 0.29) is 5.91 Å². The van der Waals surface area contributed by atoms with Crippen LogP contribution in [-0.2, 0) is 9.53 Å². The minimum absolute atomic E-state index is 0.153. The van der Waals surface area contributed by atoms with E-state index in [2.05, 4.69) is 10.6 Å². The number of rotatable bonds is 10. The summed E-state index contributed by atoms with van der Waals surface area (Å²) in [5.41, 5.74) is 0. The van der Waals surface area contributed by atoms with E-state index in [1.165, 1.54) is 19.3 Å². The van der Waals surface area contributed by atoms with Crippen molar-refractivity contribution >= 4 is 5.91 Å². The zero-order valence-corrected chi connectivity index (χ0v) is 13.0. The molecule has 2 aliphatic rings. The minimum atomic E-state index is -0.452. The van der Waals surface area contributed by atoms with Crippen LogP contribution in [0.25, 0.3) is 0 Å². The molecule has 3 N–H and O–H groups in total. The molecule has 0 bridgehead atoms. The van der Waals surface area contributed by atoms with Crippen LogP contribution in [0.4, 0.5) is 0 Å². The van der Waals surface area contributed by atoms with E-state index in [9.17, 15) is 9.90 Å². The summed E-state index contributed by atoms with van der Waals surface area (Å²) in [5, 5.41) is 16.0. The molecule has 5 heteroatoms. The highest BCUT2D eigenvalue weighted by Crippen LogP contribution is 2.20. The molecule has 0 heterocycles. The van der Waals surface area contributed by atoms with Crippen LogP contribution in [0.2, 0.25) is 0 Å². The summed E-state index contributed by atoms with van der Waals surface area (Å²) in [5.74, 6) is 0.153. The lowest BCUT2D eigenvalue weighted by Gasteiger charge is -2.23. The second kappa shape index (κ2) is 9.38. The molecule has 0 aromatic heterocycles. The van der Waals surface area contributed by atoms with Crippen LogP contribution in [0.3, 0.4) is 0 Å². The number of carbonyl (C=O) groups excluding carboxylic acids is 1. The summed E-state index contributed by atoms with van der Waals surface area (Å²) >= 11 is 0. The number of hydrogen-bond donors (Lipinski definition) is 3. The van der Waals surface area contributed by atoms with Crippen molar-refractivity contribution in [2.24, 2.45) is 0 Å². The molecule has 1 amide bonds. The predicted octanol–water partition coefficient (Wildman–Crippen LogP) is 1.34. The van der Waals surface area contributed by atoms with Gasteiger partial charge in [-0.1, -0.05) is 19.3 Å². The Hall–Kier alpha value is -0.650. The molecule has 2 saturated carbocycles. The lowest BCUT2D eigenvalue weighted by Crippen LogP contribution is -2.33. The Labute approximate surface area is 127 Å². The van der Waals surface area contributed by atoms with E-state index in [0.717, 1.165) is 38.6 Å². The van der Waals surface area contributed by atoms with Gasteiger partial charge in [-0.15, -0.1) is 0 Å². The van der Waals surface area contributed by atoms with Gasteiger partial charge >= 0.3 is 0 Å². The minimum Gasteiger partial charge on any atom is -0.389 e. The SMILES string of the molecule is O=C(CCCNCC(O)COC1CCCCC1)NC1CC1. The number of carbonyl (C=O) groups is 1. The van der Waals surface area contributed by atoms with Crippen LogP contribution < -0.4 is 10.6 Å². The molecular formula is C16H30N2O3. The van der Waals surface area contributed by atoms with Gasteiger partial charge in [0.25, 0.3) is 0 Å². The van der Waals surface area contributed by atoms with Gasteiger partial charge in [-0.2, -0.15) is 0 Å². The fourth-order valence-electron chi connectivity index (χ4n) is 2.71. The smallest absolute Gasteiger partial charge is 0.220 e. The van der Waals surface area contributed by atoms with Crippen molar-refractivity contribution in [3.8, 4) is 0 Å². The Balaban J connectivity index is 1.39. The highest BCUT2D eigenvalue weighted by molar-refractivity contribution is 5.76. The largest absolute Gasteiger partial charge is 0.389 e. The maximum Gasteiger partial charge on any atom is 0.220 e. The number of amides is 1. The maximum atomic E-state index is 11.5. The summed E-state index contributed by atoms with van der Waals surface area (Å²) in [6.07, 6.45) is 9.64. The van der Waals surface area contributed by atoms with Gasteiger partial charge in [-0.25, -0.2) is 0 Å². The summed E-state index contributed by atoms with van der Waals surface area (Å²) in [6.45, 7) is 1.72. The summed E-state index contributed by atoms with van der Waals surface area (Å²) in [4.78, 5) is 11.5. The summed E-state index contributed by atoms with van der Waals surface area (Å²) in [6, 6.07) is 0.448. The Morgan fingerprint density at radius 1 is 1.19 bits per heavy atom. The van der Waals surface area contributed by atoms with Crippen LogP contribution in [-0.4, -0.2) is 49.0 Å². The number of hydrogen-bond acceptors (Lipinski definition) is 4. The zero-order valence-electron chi connectivity index (χ0n) is 13.0. The van der Waals surface area contributed by atoms with E-state index < -0.39 is 6.10 Å². The van der Waals surface area contributed by atoms with Gasteiger partial charge in [0, 0.05) is 19.0 Å². The molecule has 0 aromatic carbocycles. The van der Waals surface area contributed by atoms with Crippen LogP contribution in [0.1, 0.15) is 57.8 Å². The first kappa shape index (κ1) is 16.7. The fraction of sp³-hybridized carbons (Fsp3) is 0.938. The van der Waals surface area contributed by atoms with Crippen molar-refractivity contribution < 1.29 is 14.6 Å². The number of aliphatic hydroxyl groups is 1. The van der Waals surface area contributed by atoms with Gasteiger partial charge in [0.15, 0.2) is 0 Å². The van der Waals surface area contributed by atoms with E-state index in [1.54, 1.807) is 0 Å². The maximum absolute atomic E-state index is 11.5. The van der Waals surface area contributed by atoms with Gasteiger partial charge in [-0.05, 0) is 38.6 Å². The lowest BCUT2D eigenvalue weighted by atomic mass is 9.98. The molecule has 21 heavy (non-hydrogen) atoms. The average Bonchev–Trinajstić information content (AvgIpc) is 3.30. The molecule has 0 aliphatic heterocycles. The van der Waals surface area contributed by atoms with Crippen LogP contribution in [0, 0.1) is 0 Å². The topological polar surface area (TPSA) is 70.6 Å². The molecule has 0 spiro atoms. The fourth-order valence-corrected chi connectivity index (χ4v) is 2.71. The van der Waals surface area contributed by atoms with Gasteiger partial charge in [-0.3, -0.25) is 4.79 Å². The van der Waals surface area contributed by atoms with Crippen molar-refractivity contribution in [3.05, 3.63) is 0 Å². The molecule has 0 saturated heterocycles. The van der Waals surface area contributed by atoms with Crippen LogP contribution >= 0.6 is 0 Å². The van der Waals surface area contributed by atoms with E-state index in [4.69, 9.17) is 4.74 Å². The average molecular weight is 298 g/mol. The van der Waals surface area contributed by atoms with Crippen LogP contribution in [0.15, 0.2) is 0 Å². The van der Waals surface area contributed by atoms with E-state index >= 15 is 0 Å². The Kier molecular flexibility index (Phi) is 7.47. The second-order valence-corrected chi connectivity index (χ2v) is 6.40. The van der Waals surface area contributed by atoms with Crippen molar-refractivity contribution in [3.63, 3.8) is 0 Å². The first-order valence-corrected chi connectivity index (χ1v) is 8.54. The van der Waals surface area contributed by atoms with Gasteiger partial charge in [0.2, 0.25) is 5.91 Å². The standard InChI is InChI=1S/C16H30N2O3/c19-14(12-21-15-5-2-1-3-6-15)11-17-10-4-7-16(20)18-13-8-9-13/h13-15,17,19H,1-12H2,(H,18,20). The highest BCUT2D eigenvalue weighted by atomic mass is 16.5. The third kappa shape index (κ3) is 7.79. The molecule has 2 rings (SSSR count). The Bertz CT molecular complexity index is 302. The molecule has 1 atom stereocenters. The number of aliphatic hydroxyl groups excluding tert-OH is 1. The summed E-state index contributed by atoms with van der Waals surface area (Å²) < 4.78 is 5.74. The molecule has 0 radical (unpaired) electrons. The zero-order chi connectivity index (χ0) is 14.9. The highest BCUT2D eigenvalue weighted by Gasteiger charge is 2.22. The third-order valence-electron chi connectivity index (χ3n) is 4.16. The van der Waals surface area contributed by atoms with Crippen molar-refractivity contribution in [1.82, 2.24) is 10.6 Å². The molecule has 0 aromatic rings. The first-order valence-electron chi connectivity index (χ1n) is 8.54. The molecule has 2 aliphatic carbocycles. The van der Waals surface area contributed by atoms with Crippen molar-refractivity contribution in [2.75, 3.05) is 19.7 Å². The second-order valence-electron chi connectivity index (χ2n) is 6.40. The molecule has 5 nitrogen and oxygen atoms in total. The van der Waals surface area contributed by atoms with E-state index in [1.807, 2.05) is 0 Å². The lowest BCUT2D eigenvalue weighted by molar-refractivity contribution is -0.121. The normalized spacial score (nSPS) is 21.2. The van der Waals surface area contributed by atoms with Crippen molar-refractivity contribution in [1.29, 1.82) is 0 Å². The number of nitrogens with one attached hydrogen (secondary N) is 2. The quantitative estimate of drug-likeness (QED) is 0.532. The molecule has 2 fully saturated rings. The van der Waals surface area contributed by atoms with E-state index in [0.29, 0.717) is 31.7 Å². The predicted molar refractivity (Wildman–Crippen MR) is 82.1 cm³/mol. The monoisotopic (exact) mass is 298 g/mol. The molecule has 122 valence electrons. The summed E-state index contributed by atoms with van der Waals surface area (Å²) in [7, 11) is 0. The van der Waals surface area contributed by atoms with Gasteiger partial charge in [0.1, 0.15) is 0 Å².